The topological polar surface area (TPSA) is 58.6 Å². The lowest BCUT2D eigenvalue weighted by Gasteiger charge is -2.31. The summed E-state index contributed by atoms with van der Waals surface area (Å²) < 4.78 is 5.77. The van der Waals surface area contributed by atoms with E-state index in [4.69, 9.17) is 27.9 Å². The predicted octanol–water partition coefficient (Wildman–Crippen LogP) is 6.50. The van der Waals surface area contributed by atoms with Gasteiger partial charge in [-0.3, -0.25) is 9.59 Å². The number of hydrogen-bond acceptors (Lipinski definition) is 3. The molecule has 4 aromatic rings. The summed E-state index contributed by atoms with van der Waals surface area (Å²) in [6, 6.07) is 32.5. The van der Waals surface area contributed by atoms with E-state index in [9.17, 15) is 9.59 Å². The minimum atomic E-state index is -0.870. The van der Waals surface area contributed by atoms with Crippen LogP contribution in [0, 0.1) is 0 Å². The smallest absolute Gasteiger partial charge is 0.261 e. The van der Waals surface area contributed by atoms with Crippen molar-refractivity contribution in [2.24, 2.45) is 0 Å². The summed E-state index contributed by atoms with van der Waals surface area (Å²) in [5.74, 6) is -0.225. The van der Waals surface area contributed by atoms with Gasteiger partial charge in [0, 0.05) is 18.1 Å². The van der Waals surface area contributed by atoms with E-state index in [0.29, 0.717) is 34.3 Å². The van der Waals surface area contributed by atoms with Gasteiger partial charge in [-0.1, -0.05) is 108 Å². The number of nitrogens with one attached hydrogen (secondary N) is 1. The molecule has 4 aromatic carbocycles. The number of halogens is 2. The van der Waals surface area contributed by atoms with Crippen molar-refractivity contribution in [3.05, 3.63) is 136 Å². The Morgan fingerprint density at radius 1 is 0.763 bits per heavy atom. The number of amides is 2. The van der Waals surface area contributed by atoms with E-state index in [1.54, 1.807) is 36.4 Å². The molecule has 0 spiro atoms. The maximum Gasteiger partial charge on any atom is 0.261 e. The van der Waals surface area contributed by atoms with Crippen LogP contribution in [0.4, 0.5) is 0 Å². The first kappa shape index (κ1) is 27.2. The van der Waals surface area contributed by atoms with Crippen LogP contribution in [-0.2, 0) is 22.6 Å². The molecule has 4 rings (SSSR count). The van der Waals surface area contributed by atoms with Crippen molar-refractivity contribution in [2.75, 3.05) is 13.2 Å². The SMILES string of the molecule is O=C(NCCc1ccccc1)[C@H](c1ccccc1)N(Cc1ccc(Cl)cc1)C(=O)COc1ccccc1Cl. The molecule has 0 aliphatic heterocycles. The molecule has 0 aromatic heterocycles. The highest BCUT2D eigenvalue weighted by Crippen LogP contribution is 2.26. The fraction of sp³-hybridized carbons (Fsp3) is 0.161. The van der Waals surface area contributed by atoms with Crippen LogP contribution in [0.1, 0.15) is 22.7 Å². The average molecular weight is 547 g/mol. The lowest BCUT2D eigenvalue weighted by Crippen LogP contribution is -2.45. The Labute approximate surface area is 233 Å². The molecule has 0 fully saturated rings. The van der Waals surface area contributed by atoms with Crippen molar-refractivity contribution in [3.63, 3.8) is 0 Å². The Morgan fingerprint density at radius 2 is 1.39 bits per heavy atom. The molecule has 0 aliphatic rings. The molecule has 0 heterocycles. The minimum absolute atomic E-state index is 0.188. The molecule has 2 amide bonds. The van der Waals surface area contributed by atoms with Crippen LogP contribution in [0.15, 0.2) is 109 Å². The molecule has 0 saturated carbocycles. The van der Waals surface area contributed by atoms with Crippen molar-refractivity contribution in [3.8, 4) is 5.75 Å². The van der Waals surface area contributed by atoms with Gasteiger partial charge < -0.3 is 15.0 Å². The fourth-order valence-corrected chi connectivity index (χ4v) is 4.39. The Kier molecular flexibility index (Phi) is 9.79. The van der Waals surface area contributed by atoms with Gasteiger partial charge in [-0.2, -0.15) is 0 Å². The van der Waals surface area contributed by atoms with Crippen LogP contribution >= 0.6 is 23.2 Å². The molecular weight excluding hydrogens is 519 g/mol. The van der Waals surface area contributed by atoms with Gasteiger partial charge in [0.2, 0.25) is 5.91 Å². The van der Waals surface area contributed by atoms with Crippen LogP contribution in [0.25, 0.3) is 0 Å². The quantitative estimate of drug-likeness (QED) is 0.233. The zero-order chi connectivity index (χ0) is 26.7. The second-order valence-electron chi connectivity index (χ2n) is 8.71. The van der Waals surface area contributed by atoms with E-state index < -0.39 is 6.04 Å². The zero-order valence-electron chi connectivity index (χ0n) is 20.7. The van der Waals surface area contributed by atoms with Crippen molar-refractivity contribution in [2.45, 2.75) is 19.0 Å². The number of benzene rings is 4. The molecule has 38 heavy (non-hydrogen) atoms. The molecule has 0 saturated heterocycles. The van der Waals surface area contributed by atoms with Crippen LogP contribution in [0.3, 0.4) is 0 Å². The first-order valence-corrected chi connectivity index (χ1v) is 13.0. The van der Waals surface area contributed by atoms with Crippen molar-refractivity contribution < 1.29 is 14.3 Å². The predicted molar refractivity (Wildman–Crippen MR) is 151 cm³/mol. The summed E-state index contributed by atoms with van der Waals surface area (Å²) in [5, 5.41) is 4.02. The van der Waals surface area contributed by atoms with E-state index in [2.05, 4.69) is 5.32 Å². The molecular formula is C31H28Cl2N2O3. The summed E-state index contributed by atoms with van der Waals surface area (Å²) in [5.41, 5.74) is 2.65. The zero-order valence-corrected chi connectivity index (χ0v) is 22.2. The van der Waals surface area contributed by atoms with Gasteiger partial charge in [0.15, 0.2) is 6.61 Å². The molecule has 194 valence electrons. The van der Waals surface area contributed by atoms with Gasteiger partial charge in [-0.05, 0) is 47.4 Å². The summed E-state index contributed by atoms with van der Waals surface area (Å²) in [6.45, 7) is 0.344. The highest BCUT2D eigenvalue weighted by molar-refractivity contribution is 6.32. The number of para-hydroxylation sites is 1. The highest BCUT2D eigenvalue weighted by atomic mass is 35.5. The number of ether oxygens (including phenoxy) is 1. The molecule has 7 heteroatoms. The molecule has 5 nitrogen and oxygen atoms in total. The van der Waals surface area contributed by atoms with Crippen LogP contribution in [0.5, 0.6) is 5.75 Å². The Bertz CT molecular complexity index is 1330. The highest BCUT2D eigenvalue weighted by Gasteiger charge is 2.31. The minimum Gasteiger partial charge on any atom is -0.482 e. The molecule has 1 atom stereocenters. The summed E-state index contributed by atoms with van der Waals surface area (Å²) in [7, 11) is 0. The molecule has 0 aliphatic carbocycles. The van der Waals surface area contributed by atoms with Crippen LogP contribution in [-0.4, -0.2) is 29.9 Å². The largest absolute Gasteiger partial charge is 0.482 e. The van der Waals surface area contributed by atoms with E-state index >= 15 is 0 Å². The molecule has 0 radical (unpaired) electrons. The third-order valence-electron chi connectivity index (χ3n) is 6.01. The number of carbonyl (C=O) groups excluding carboxylic acids is 2. The number of hydrogen-bond donors (Lipinski definition) is 1. The molecule has 1 N–H and O–H groups in total. The van der Waals surface area contributed by atoms with Crippen molar-refractivity contribution >= 4 is 35.0 Å². The number of rotatable bonds is 11. The van der Waals surface area contributed by atoms with E-state index in [1.165, 1.54) is 4.90 Å². The Balaban J connectivity index is 1.59. The van der Waals surface area contributed by atoms with Gasteiger partial charge in [0.25, 0.3) is 5.91 Å². The average Bonchev–Trinajstić information content (AvgIpc) is 2.94. The van der Waals surface area contributed by atoms with Crippen LogP contribution < -0.4 is 10.1 Å². The number of carbonyl (C=O) groups is 2. The Morgan fingerprint density at radius 3 is 2.08 bits per heavy atom. The maximum atomic E-state index is 13.7. The van der Waals surface area contributed by atoms with Crippen molar-refractivity contribution in [1.29, 1.82) is 0 Å². The van der Waals surface area contributed by atoms with Gasteiger partial charge in [-0.25, -0.2) is 0 Å². The van der Waals surface area contributed by atoms with Crippen molar-refractivity contribution in [1.82, 2.24) is 10.2 Å². The third-order valence-corrected chi connectivity index (χ3v) is 6.57. The fourth-order valence-electron chi connectivity index (χ4n) is 4.07. The van der Waals surface area contributed by atoms with Gasteiger partial charge >= 0.3 is 0 Å². The second kappa shape index (κ2) is 13.7. The van der Waals surface area contributed by atoms with Gasteiger partial charge in [0.1, 0.15) is 11.8 Å². The normalized spacial score (nSPS) is 11.4. The van der Waals surface area contributed by atoms with E-state index in [-0.39, 0.29) is 25.0 Å². The van der Waals surface area contributed by atoms with Gasteiger partial charge in [0.05, 0.1) is 5.02 Å². The van der Waals surface area contributed by atoms with E-state index in [0.717, 1.165) is 11.1 Å². The molecule has 0 unspecified atom stereocenters. The lowest BCUT2D eigenvalue weighted by molar-refractivity contribution is -0.143. The second-order valence-corrected chi connectivity index (χ2v) is 9.55. The first-order valence-electron chi connectivity index (χ1n) is 12.3. The lowest BCUT2D eigenvalue weighted by atomic mass is 10.0. The van der Waals surface area contributed by atoms with Gasteiger partial charge in [-0.15, -0.1) is 0 Å². The monoisotopic (exact) mass is 546 g/mol. The maximum absolute atomic E-state index is 13.7. The Hall–Kier alpha value is -3.80. The first-order chi connectivity index (χ1) is 18.5. The molecule has 0 bridgehead atoms. The standard InChI is InChI=1S/C31H28Cl2N2O3/c32-26-17-15-24(16-18-26)21-35(29(36)22-38-28-14-8-7-13-27(28)33)30(25-11-5-2-6-12-25)31(37)34-20-19-23-9-3-1-4-10-23/h1-18,30H,19-22H2,(H,34,37)/t30-/m0/s1. The summed E-state index contributed by atoms with van der Waals surface area (Å²) >= 11 is 12.3. The van der Waals surface area contributed by atoms with Crippen LogP contribution in [0.2, 0.25) is 10.0 Å². The number of nitrogens with zero attached hydrogens (tertiary/aromatic N) is 1. The summed E-state index contributed by atoms with van der Waals surface area (Å²) in [4.78, 5) is 28.9. The summed E-state index contributed by atoms with van der Waals surface area (Å²) in [6.07, 6.45) is 0.675. The third kappa shape index (κ3) is 7.60. The van der Waals surface area contributed by atoms with E-state index in [1.807, 2.05) is 72.8 Å².